The van der Waals surface area contributed by atoms with E-state index in [1.54, 1.807) is 6.20 Å². The molecule has 1 aliphatic carbocycles. The summed E-state index contributed by atoms with van der Waals surface area (Å²) in [5, 5.41) is 6.01. The molecule has 5 heteroatoms. The summed E-state index contributed by atoms with van der Waals surface area (Å²) in [5.74, 6) is -0.248. The Bertz CT molecular complexity index is 334. The standard InChI is InChI=1S/C11H16N2O2S/c1-15-11(14)9(10-12-6-7-16-10)13-8-4-2-3-5-8/h6-9,13H,2-5H2,1H3. The molecule has 1 aromatic rings. The summed E-state index contributed by atoms with van der Waals surface area (Å²) in [6, 6.07) is 0.0288. The van der Waals surface area contributed by atoms with Crippen LogP contribution in [0.3, 0.4) is 0 Å². The summed E-state index contributed by atoms with van der Waals surface area (Å²) in [5.41, 5.74) is 0. The molecule has 1 aliphatic rings. The van der Waals surface area contributed by atoms with E-state index in [1.807, 2.05) is 5.38 Å². The molecule has 0 amide bonds. The molecule has 16 heavy (non-hydrogen) atoms. The molecular weight excluding hydrogens is 224 g/mol. The van der Waals surface area contributed by atoms with Gasteiger partial charge in [0.05, 0.1) is 7.11 Å². The monoisotopic (exact) mass is 240 g/mol. The number of nitrogens with zero attached hydrogens (tertiary/aromatic N) is 1. The third-order valence-corrected chi connectivity index (χ3v) is 3.73. The van der Waals surface area contributed by atoms with Gasteiger partial charge in [-0.3, -0.25) is 5.32 Å². The molecule has 1 heterocycles. The quantitative estimate of drug-likeness (QED) is 0.817. The zero-order valence-electron chi connectivity index (χ0n) is 9.31. The first-order valence-electron chi connectivity index (χ1n) is 5.54. The van der Waals surface area contributed by atoms with Crippen molar-refractivity contribution in [3.63, 3.8) is 0 Å². The zero-order valence-corrected chi connectivity index (χ0v) is 10.1. The van der Waals surface area contributed by atoms with E-state index in [1.165, 1.54) is 31.3 Å². The molecule has 0 bridgehead atoms. The van der Waals surface area contributed by atoms with E-state index in [9.17, 15) is 4.79 Å². The number of hydrogen-bond donors (Lipinski definition) is 1. The van der Waals surface area contributed by atoms with Crippen molar-refractivity contribution >= 4 is 17.3 Å². The second kappa shape index (κ2) is 5.41. The van der Waals surface area contributed by atoms with Crippen LogP contribution in [-0.4, -0.2) is 24.1 Å². The van der Waals surface area contributed by atoms with Crippen LogP contribution >= 0.6 is 11.3 Å². The number of esters is 1. The van der Waals surface area contributed by atoms with Crippen molar-refractivity contribution in [3.8, 4) is 0 Å². The maximum Gasteiger partial charge on any atom is 0.330 e. The van der Waals surface area contributed by atoms with E-state index in [2.05, 4.69) is 10.3 Å². The normalized spacial score (nSPS) is 18.6. The lowest BCUT2D eigenvalue weighted by Crippen LogP contribution is -2.36. The van der Waals surface area contributed by atoms with Crippen molar-refractivity contribution in [1.29, 1.82) is 0 Å². The lowest BCUT2D eigenvalue weighted by atomic mass is 10.2. The molecule has 0 spiro atoms. The second-order valence-electron chi connectivity index (χ2n) is 3.97. The van der Waals surface area contributed by atoms with E-state index >= 15 is 0 Å². The van der Waals surface area contributed by atoms with Crippen molar-refractivity contribution in [1.82, 2.24) is 10.3 Å². The van der Waals surface area contributed by atoms with E-state index in [-0.39, 0.29) is 5.97 Å². The summed E-state index contributed by atoms with van der Waals surface area (Å²) in [4.78, 5) is 15.9. The molecule has 0 aliphatic heterocycles. The van der Waals surface area contributed by atoms with Gasteiger partial charge in [-0.2, -0.15) is 0 Å². The van der Waals surface area contributed by atoms with Crippen molar-refractivity contribution in [2.75, 3.05) is 7.11 Å². The van der Waals surface area contributed by atoms with Gasteiger partial charge >= 0.3 is 5.97 Å². The molecule has 88 valence electrons. The number of carbonyl (C=O) groups is 1. The van der Waals surface area contributed by atoms with Gasteiger partial charge in [0, 0.05) is 17.6 Å². The smallest absolute Gasteiger partial charge is 0.330 e. The Morgan fingerprint density at radius 3 is 2.94 bits per heavy atom. The van der Waals surface area contributed by atoms with Crippen LogP contribution in [0.15, 0.2) is 11.6 Å². The molecular formula is C11H16N2O2S. The number of carbonyl (C=O) groups excluding carboxylic acids is 1. The largest absolute Gasteiger partial charge is 0.468 e. The number of methoxy groups -OCH3 is 1. The maximum absolute atomic E-state index is 11.7. The predicted molar refractivity (Wildman–Crippen MR) is 62.3 cm³/mol. The first-order valence-corrected chi connectivity index (χ1v) is 6.42. The number of aromatic nitrogens is 1. The molecule has 1 N–H and O–H groups in total. The second-order valence-corrected chi connectivity index (χ2v) is 4.90. The maximum atomic E-state index is 11.7. The van der Waals surface area contributed by atoms with Gasteiger partial charge in [0.1, 0.15) is 5.01 Å². The zero-order chi connectivity index (χ0) is 11.4. The van der Waals surface area contributed by atoms with Crippen molar-refractivity contribution in [3.05, 3.63) is 16.6 Å². The molecule has 1 saturated carbocycles. The highest BCUT2D eigenvalue weighted by Gasteiger charge is 2.27. The minimum absolute atomic E-state index is 0.248. The topological polar surface area (TPSA) is 51.2 Å². The number of rotatable bonds is 4. The van der Waals surface area contributed by atoms with Crippen LogP contribution in [0.25, 0.3) is 0 Å². The van der Waals surface area contributed by atoms with Gasteiger partial charge in [0.25, 0.3) is 0 Å². The highest BCUT2D eigenvalue weighted by atomic mass is 32.1. The van der Waals surface area contributed by atoms with Crippen LogP contribution in [0, 0.1) is 0 Å². The Hall–Kier alpha value is -0.940. The number of ether oxygens (including phenoxy) is 1. The fraction of sp³-hybridized carbons (Fsp3) is 0.636. The lowest BCUT2D eigenvalue weighted by Gasteiger charge is -2.18. The first-order chi connectivity index (χ1) is 7.81. The molecule has 0 aromatic carbocycles. The molecule has 1 fully saturated rings. The third-order valence-electron chi connectivity index (χ3n) is 2.89. The Morgan fingerprint density at radius 1 is 1.62 bits per heavy atom. The Kier molecular flexibility index (Phi) is 3.90. The lowest BCUT2D eigenvalue weighted by molar-refractivity contribution is -0.143. The van der Waals surface area contributed by atoms with E-state index in [0.717, 1.165) is 17.8 Å². The van der Waals surface area contributed by atoms with Crippen LogP contribution in [0.5, 0.6) is 0 Å². The highest BCUT2D eigenvalue weighted by molar-refractivity contribution is 7.09. The molecule has 4 nitrogen and oxygen atoms in total. The van der Waals surface area contributed by atoms with Crippen LogP contribution in [0.1, 0.15) is 36.7 Å². The van der Waals surface area contributed by atoms with E-state index in [0.29, 0.717) is 6.04 Å². The van der Waals surface area contributed by atoms with Gasteiger partial charge in [0.2, 0.25) is 0 Å². The minimum Gasteiger partial charge on any atom is -0.468 e. The molecule has 1 aromatic heterocycles. The molecule has 1 atom stereocenters. The number of thiazole rings is 1. The van der Waals surface area contributed by atoms with Crippen molar-refractivity contribution in [2.24, 2.45) is 0 Å². The average molecular weight is 240 g/mol. The Labute approximate surface area is 99.0 Å². The molecule has 0 radical (unpaired) electrons. The minimum atomic E-state index is -0.395. The van der Waals surface area contributed by atoms with Gasteiger partial charge in [-0.25, -0.2) is 9.78 Å². The summed E-state index contributed by atoms with van der Waals surface area (Å²) in [7, 11) is 1.42. The Balaban J connectivity index is 2.05. The molecule has 1 unspecified atom stereocenters. The van der Waals surface area contributed by atoms with Crippen molar-refractivity contribution < 1.29 is 9.53 Å². The van der Waals surface area contributed by atoms with Gasteiger partial charge in [-0.15, -0.1) is 11.3 Å². The van der Waals surface area contributed by atoms with Crippen LogP contribution < -0.4 is 5.32 Å². The van der Waals surface area contributed by atoms with Gasteiger partial charge in [0.15, 0.2) is 6.04 Å². The highest BCUT2D eigenvalue weighted by Crippen LogP contribution is 2.23. The number of hydrogen-bond acceptors (Lipinski definition) is 5. The fourth-order valence-corrected chi connectivity index (χ4v) is 2.75. The van der Waals surface area contributed by atoms with Crippen LogP contribution in [0.2, 0.25) is 0 Å². The average Bonchev–Trinajstić information content (AvgIpc) is 2.97. The summed E-state index contributed by atoms with van der Waals surface area (Å²) >= 11 is 1.48. The van der Waals surface area contributed by atoms with E-state index < -0.39 is 6.04 Å². The van der Waals surface area contributed by atoms with Gasteiger partial charge in [-0.05, 0) is 12.8 Å². The van der Waals surface area contributed by atoms with Gasteiger partial charge in [-0.1, -0.05) is 12.8 Å². The SMILES string of the molecule is COC(=O)C(NC1CCCC1)c1nccs1. The molecule has 0 saturated heterocycles. The van der Waals surface area contributed by atoms with Gasteiger partial charge < -0.3 is 4.74 Å². The fourth-order valence-electron chi connectivity index (χ4n) is 2.06. The number of nitrogens with one attached hydrogen (secondary N) is 1. The van der Waals surface area contributed by atoms with Crippen molar-refractivity contribution in [2.45, 2.75) is 37.8 Å². The summed E-state index contributed by atoms with van der Waals surface area (Å²) < 4.78 is 4.81. The Morgan fingerprint density at radius 2 is 2.38 bits per heavy atom. The third kappa shape index (κ3) is 2.59. The molecule has 2 rings (SSSR count). The summed E-state index contributed by atoms with van der Waals surface area (Å²) in [6.45, 7) is 0. The summed E-state index contributed by atoms with van der Waals surface area (Å²) in [6.07, 6.45) is 6.47. The van der Waals surface area contributed by atoms with Crippen LogP contribution in [0.4, 0.5) is 0 Å². The predicted octanol–water partition coefficient (Wildman–Crippen LogP) is 1.89. The van der Waals surface area contributed by atoms with E-state index in [4.69, 9.17) is 4.74 Å². The van der Waals surface area contributed by atoms with Crippen LogP contribution in [-0.2, 0) is 9.53 Å². The first kappa shape index (κ1) is 11.5.